The maximum Gasteiger partial charge on any atom is 0.163 e. The van der Waals surface area contributed by atoms with Crippen LogP contribution in [-0.4, -0.2) is 25.1 Å². The Bertz CT molecular complexity index is 1040. The fourth-order valence-corrected chi connectivity index (χ4v) is 4.19. The molecule has 31 heavy (non-hydrogen) atoms. The van der Waals surface area contributed by atoms with Crippen LogP contribution in [0.4, 0.5) is 8.78 Å². The Morgan fingerprint density at radius 3 is 2.65 bits per heavy atom. The van der Waals surface area contributed by atoms with Crippen molar-refractivity contribution < 1.29 is 23.0 Å². The van der Waals surface area contributed by atoms with Crippen molar-refractivity contribution in [1.82, 2.24) is 0 Å². The molecule has 2 aliphatic rings. The monoisotopic (exact) mass is 425 g/mol. The lowest BCUT2D eigenvalue weighted by atomic mass is 9.98. The van der Waals surface area contributed by atoms with Gasteiger partial charge in [0, 0.05) is 12.5 Å². The number of hydrogen-bond acceptors (Lipinski definition) is 4. The number of rotatable bonds is 7. The lowest BCUT2D eigenvalue weighted by molar-refractivity contribution is -0.139. The summed E-state index contributed by atoms with van der Waals surface area (Å²) in [6.45, 7) is 8.08. The highest BCUT2D eigenvalue weighted by molar-refractivity contribution is 5.55. The largest absolute Gasteiger partial charge is 0.492 e. The summed E-state index contributed by atoms with van der Waals surface area (Å²) in [7, 11) is 0. The Morgan fingerprint density at radius 2 is 2.00 bits per heavy atom. The van der Waals surface area contributed by atoms with E-state index < -0.39 is 11.6 Å². The van der Waals surface area contributed by atoms with E-state index in [-0.39, 0.29) is 36.1 Å². The summed E-state index contributed by atoms with van der Waals surface area (Å²) >= 11 is 0. The topological polar surface area (TPSA) is 51.5 Å². The molecule has 1 saturated heterocycles. The van der Waals surface area contributed by atoms with Gasteiger partial charge in [-0.25, -0.2) is 8.78 Å². The molecule has 2 aromatic rings. The van der Waals surface area contributed by atoms with Gasteiger partial charge in [-0.05, 0) is 60.9 Å². The normalized spacial score (nSPS) is 23.9. The minimum atomic E-state index is -0.616. The number of benzene rings is 2. The summed E-state index contributed by atoms with van der Waals surface area (Å²) in [6, 6.07) is 9.74. The number of hydrogen-bond donors (Lipinski definition) is 0. The predicted molar refractivity (Wildman–Crippen MR) is 113 cm³/mol. The standard InChI is InChI=1S/C25H25F2NO3/c1-4-15-5-6-18(23(27)9-15)20-12-21(20)19-10-16(26)11-24(22(19)13-28)29-8-7-17-14-30-25(2,3)31-17/h4-6,9-11,17,20-21H,1,7-8,12,14H2,2-3H3/t17-,20?,21?/m1/s1. The van der Waals surface area contributed by atoms with E-state index in [4.69, 9.17) is 14.2 Å². The van der Waals surface area contributed by atoms with Gasteiger partial charge in [0.2, 0.25) is 0 Å². The van der Waals surface area contributed by atoms with E-state index in [1.54, 1.807) is 12.1 Å². The van der Waals surface area contributed by atoms with Crippen molar-refractivity contribution in [2.45, 2.75) is 50.4 Å². The highest BCUT2D eigenvalue weighted by atomic mass is 19.1. The molecule has 1 aliphatic carbocycles. The first-order valence-corrected chi connectivity index (χ1v) is 10.4. The molecule has 2 unspecified atom stereocenters. The van der Waals surface area contributed by atoms with E-state index in [9.17, 15) is 14.0 Å². The second-order valence-corrected chi connectivity index (χ2v) is 8.50. The van der Waals surface area contributed by atoms with Gasteiger partial charge in [0.15, 0.2) is 5.79 Å². The smallest absolute Gasteiger partial charge is 0.163 e. The average Bonchev–Trinajstić information content (AvgIpc) is 3.44. The first kappa shape index (κ1) is 21.5. The molecule has 3 atom stereocenters. The van der Waals surface area contributed by atoms with E-state index in [2.05, 4.69) is 12.6 Å². The van der Waals surface area contributed by atoms with Gasteiger partial charge >= 0.3 is 0 Å². The Kier molecular flexibility index (Phi) is 5.83. The highest BCUT2D eigenvalue weighted by Crippen LogP contribution is 2.56. The first-order valence-electron chi connectivity index (χ1n) is 10.4. The van der Waals surface area contributed by atoms with E-state index >= 15 is 0 Å². The molecule has 4 nitrogen and oxygen atoms in total. The summed E-state index contributed by atoms with van der Waals surface area (Å²) in [6.07, 6.45) is 2.70. The zero-order chi connectivity index (χ0) is 22.2. The van der Waals surface area contributed by atoms with Gasteiger partial charge in [-0.1, -0.05) is 24.8 Å². The molecule has 2 aromatic carbocycles. The first-order chi connectivity index (χ1) is 14.8. The third kappa shape index (κ3) is 4.63. The molecule has 6 heteroatoms. The molecule has 0 N–H and O–H groups in total. The SMILES string of the molecule is C=Cc1ccc(C2CC2c2cc(F)cc(OCC[C@@H]3COC(C)(C)O3)c2C#N)c(F)c1. The zero-order valence-corrected chi connectivity index (χ0v) is 17.7. The molecule has 4 rings (SSSR count). The van der Waals surface area contributed by atoms with Crippen molar-refractivity contribution in [2.24, 2.45) is 0 Å². The summed E-state index contributed by atoms with van der Waals surface area (Å²) in [5.74, 6) is -1.40. The second-order valence-electron chi connectivity index (χ2n) is 8.50. The molecule has 0 amide bonds. The average molecular weight is 425 g/mol. The predicted octanol–water partition coefficient (Wildman–Crippen LogP) is 5.67. The van der Waals surface area contributed by atoms with Gasteiger partial charge in [0.1, 0.15) is 23.5 Å². The Hall–Kier alpha value is -2.75. The van der Waals surface area contributed by atoms with E-state index in [1.165, 1.54) is 18.2 Å². The molecule has 1 aliphatic heterocycles. The number of ether oxygens (including phenoxy) is 3. The highest BCUT2D eigenvalue weighted by Gasteiger charge is 2.43. The maximum atomic E-state index is 14.5. The fourth-order valence-electron chi connectivity index (χ4n) is 4.19. The summed E-state index contributed by atoms with van der Waals surface area (Å²) in [5, 5.41) is 9.74. The Labute approximate surface area is 181 Å². The molecular weight excluding hydrogens is 400 g/mol. The number of nitrogens with zero attached hydrogens (tertiary/aromatic N) is 1. The van der Waals surface area contributed by atoms with Gasteiger partial charge < -0.3 is 14.2 Å². The van der Waals surface area contributed by atoms with Crippen LogP contribution in [-0.2, 0) is 9.47 Å². The van der Waals surface area contributed by atoms with Crippen molar-refractivity contribution in [3.63, 3.8) is 0 Å². The van der Waals surface area contributed by atoms with Crippen LogP contribution in [0, 0.1) is 23.0 Å². The molecule has 162 valence electrons. The second kappa shape index (κ2) is 8.41. The van der Waals surface area contributed by atoms with Crippen LogP contribution in [0.5, 0.6) is 5.75 Å². The fraction of sp³-hybridized carbons (Fsp3) is 0.400. The molecule has 0 aromatic heterocycles. The van der Waals surface area contributed by atoms with E-state index in [0.717, 1.165) is 0 Å². The number of nitriles is 1. The van der Waals surface area contributed by atoms with Crippen LogP contribution in [0.15, 0.2) is 36.9 Å². The zero-order valence-electron chi connectivity index (χ0n) is 17.7. The van der Waals surface area contributed by atoms with E-state index in [1.807, 2.05) is 19.9 Å². The van der Waals surface area contributed by atoms with Gasteiger partial charge in [-0.15, -0.1) is 0 Å². The molecule has 0 bridgehead atoms. The van der Waals surface area contributed by atoms with Crippen LogP contribution in [0.2, 0.25) is 0 Å². The molecule has 1 heterocycles. The van der Waals surface area contributed by atoms with Crippen LogP contribution < -0.4 is 4.74 Å². The lowest BCUT2D eigenvalue weighted by Crippen LogP contribution is -2.22. The summed E-state index contributed by atoms with van der Waals surface area (Å²) in [5.41, 5.74) is 2.15. The molecule has 2 fully saturated rings. The van der Waals surface area contributed by atoms with Gasteiger partial charge in [-0.3, -0.25) is 0 Å². The van der Waals surface area contributed by atoms with Crippen molar-refractivity contribution in [1.29, 1.82) is 5.26 Å². The number of halogens is 2. The van der Waals surface area contributed by atoms with E-state index in [0.29, 0.717) is 41.7 Å². The lowest BCUT2D eigenvalue weighted by Gasteiger charge is -2.17. The van der Waals surface area contributed by atoms with Crippen molar-refractivity contribution in [3.05, 3.63) is 70.8 Å². The van der Waals surface area contributed by atoms with Gasteiger partial charge in [0.05, 0.1) is 24.9 Å². The minimum absolute atomic E-state index is 0.0908. The Morgan fingerprint density at radius 1 is 1.23 bits per heavy atom. The van der Waals surface area contributed by atoms with Crippen molar-refractivity contribution in [3.8, 4) is 11.8 Å². The van der Waals surface area contributed by atoms with Gasteiger partial charge in [-0.2, -0.15) is 5.26 Å². The molecule has 0 spiro atoms. The minimum Gasteiger partial charge on any atom is -0.492 e. The van der Waals surface area contributed by atoms with Crippen LogP contribution in [0.25, 0.3) is 6.08 Å². The Balaban J connectivity index is 1.49. The quantitative estimate of drug-likeness (QED) is 0.573. The van der Waals surface area contributed by atoms with Crippen molar-refractivity contribution >= 4 is 6.08 Å². The third-order valence-electron chi connectivity index (χ3n) is 5.82. The van der Waals surface area contributed by atoms with Crippen molar-refractivity contribution in [2.75, 3.05) is 13.2 Å². The molecule has 0 radical (unpaired) electrons. The third-order valence-corrected chi connectivity index (χ3v) is 5.82. The maximum absolute atomic E-state index is 14.5. The van der Waals surface area contributed by atoms with Gasteiger partial charge in [0.25, 0.3) is 0 Å². The van der Waals surface area contributed by atoms with Crippen LogP contribution >= 0.6 is 0 Å². The molecule has 1 saturated carbocycles. The van der Waals surface area contributed by atoms with Crippen LogP contribution in [0.1, 0.15) is 60.8 Å². The molecular formula is C25H25F2NO3. The van der Waals surface area contributed by atoms with Crippen LogP contribution in [0.3, 0.4) is 0 Å². The summed E-state index contributed by atoms with van der Waals surface area (Å²) in [4.78, 5) is 0. The summed E-state index contributed by atoms with van der Waals surface area (Å²) < 4.78 is 45.9.